The fraction of sp³-hybridized carbons (Fsp3) is 0.182. The summed E-state index contributed by atoms with van der Waals surface area (Å²) in [6.45, 7) is 2.10. The highest BCUT2D eigenvalue weighted by Crippen LogP contribution is 2.45. The molecule has 0 saturated heterocycles. The van der Waals surface area contributed by atoms with Crippen LogP contribution >= 0.6 is 11.6 Å². The second-order valence-corrected chi connectivity index (χ2v) is 7.08. The number of allylic oxidation sites excluding steroid dienone is 1. The van der Waals surface area contributed by atoms with Crippen molar-refractivity contribution in [1.29, 1.82) is 5.26 Å². The molecule has 0 bridgehead atoms. The normalized spacial score (nSPS) is 15.7. The van der Waals surface area contributed by atoms with Crippen molar-refractivity contribution in [1.82, 2.24) is 9.78 Å². The molecule has 0 unspecified atom stereocenters. The van der Waals surface area contributed by atoms with Crippen molar-refractivity contribution in [2.45, 2.75) is 25.7 Å². The average molecular weight is 391 g/mol. The van der Waals surface area contributed by atoms with Crippen molar-refractivity contribution in [3.8, 4) is 17.6 Å². The number of ether oxygens (including phenoxy) is 1. The fourth-order valence-corrected chi connectivity index (χ4v) is 3.80. The number of nitrogens with zero attached hydrogens (tertiary/aromatic N) is 3. The Labute approximate surface area is 168 Å². The zero-order valence-electron chi connectivity index (χ0n) is 15.4. The first-order chi connectivity index (χ1) is 13.6. The number of para-hydroxylation sites is 1. The van der Waals surface area contributed by atoms with Crippen LogP contribution in [-0.4, -0.2) is 9.78 Å². The van der Waals surface area contributed by atoms with Gasteiger partial charge >= 0.3 is 0 Å². The standard InChI is InChI=1S/C22H19ClN4O/c1-2-7-18-20-19(14-8-6-9-15(23)12-14)17(13-24)21(25)28-22(20)27(26-18)16-10-4-3-5-11-16/h3-6,8-12,19H,2,7,25H2,1H3/t19-/m0/s1. The Kier molecular flexibility index (Phi) is 4.81. The van der Waals surface area contributed by atoms with E-state index in [9.17, 15) is 5.26 Å². The first kappa shape index (κ1) is 18.1. The molecule has 1 aliphatic heterocycles. The minimum atomic E-state index is -0.369. The highest BCUT2D eigenvalue weighted by atomic mass is 35.5. The maximum Gasteiger partial charge on any atom is 0.229 e. The van der Waals surface area contributed by atoms with E-state index in [2.05, 4.69) is 13.0 Å². The fourth-order valence-electron chi connectivity index (χ4n) is 3.60. The highest BCUT2D eigenvalue weighted by Gasteiger charge is 2.36. The van der Waals surface area contributed by atoms with Crippen LogP contribution in [0.4, 0.5) is 0 Å². The Hall–Kier alpha value is -3.23. The van der Waals surface area contributed by atoms with Gasteiger partial charge in [-0.3, -0.25) is 0 Å². The van der Waals surface area contributed by atoms with Gasteiger partial charge in [-0.25, -0.2) is 4.68 Å². The van der Waals surface area contributed by atoms with E-state index in [1.165, 1.54) is 0 Å². The van der Waals surface area contributed by atoms with E-state index in [4.69, 9.17) is 27.2 Å². The molecule has 2 aromatic carbocycles. The number of nitrogens with two attached hydrogens (primary N) is 1. The second-order valence-electron chi connectivity index (χ2n) is 6.64. The average Bonchev–Trinajstić information content (AvgIpc) is 3.05. The lowest BCUT2D eigenvalue weighted by atomic mass is 9.83. The number of aryl methyl sites for hydroxylation is 1. The molecule has 0 amide bonds. The van der Waals surface area contributed by atoms with Crippen LogP contribution in [0.5, 0.6) is 5.88 Å². The Morgan fingerprint density at radius 2 is 2.00 bits per heavy atom. The van der Waals surface area contributed by atoms with E-state index in [0.29, 0.717) is 16.5 Å². The van der Waals surface area contributed by atoms with Crippen LogP contribution in [0.25, 0.3) is 5.69 Å². The van der Waals surface area contributed by atoms with E-state index < -0.39 is 0 Å². The molecular formula is C22H19ClN4O. The Balaban J connectivity index is 1.99. The van der Waals surface area contributed by atoms with Gasteiger partial charge in [0.05, 0.1) is 22.9 Å². The first-order valence-electron chi connectivity index (χ1n) is 9.14. The van der Waals surface area contributed by atoms with Gasteiger partial charge in [0.25, 0.3) is 0 Å². The number of hydrogen-bond acceptors (Lipinski definition) is 4. The van der Waals surface area contributed by atoms with Crippen LogP contribution in [0.2, 0.25) is 5.02 Å². The lowest BCUT2D eigenvalue weighted by Crippen LogP contribution is -2.22. The van der Waals surface area contributed by atoms with E-state index in [-0.39, 0.29) is 11.8 Å². The molecule has 28 heavy (non-hydrogen) atoms. The van der Waals surface area contributed by atoms with Crippen molar-refractivity contribution in [2.75, 3.05) is 0 Å². The van der Waals surface area contributed by atoms with Crippen molar-refractivity contribution in [3.63, 3.8) is 0 Å². The molecule has 140 valence electrons. The SMILES string of the molecule is CCCc1nn(-c2ccccc2)c2c1[C@@H](c1cccc(Cl)c1)C(C#N)=C(N)O2. The summed E-state index contributed by atoms with van der Waals surface area (Å²) in [5.74, 6) is 0.280. The summed E-state index contributed by atoms with van der Waals surface area (Å²) in [4.78, 5) is 0. The summed E-state index contributed by atoms with van der Waals surface area (Å²) >= 11 is 6.24. The number of aromatic nitrogens is 2. The van der Waals surface area contributed by atoms with Gasteiger partial charge in [0, 0.05) is 5.02 Å². The summed E-state index contributed by atoms with van der Waals surface area (Å²) in [6, 6.07) is 19.5. The first-order valence-corrected chi connectivity index (χ1v) is 9.52. The summed E-state index contributed by atoms with van der Waals surface area (Å²) in [5, 5.41) is 15.2. The summed E-state index contributed by atoms with van der Waals surface area (Å²) in [5.41, 5.74) is 10.1. The molecular weight excluding hydrogens is 372 g/mol. The molecule has 2 heterocycles. The molecule has 4 rings (SSSR count). The molecule has 2 N–H and O–H groups in total. The number of halogens is 1. The van der Waals surface area contributed by atoms with Crippen molar-refractivity contribution >= 4 is 11.6 Å². The van der Waals surface area contributed by atoms with Crippen molar-refractivity contribution in [3.05, 3.63) is 87.9 Å². The lowest BCUT2D eigenvalue weighted by molar-refractivity contribution is 0.367. The molecule has 0 saturated carbocycles. The van der Waals surface area contributed by atoms with Gasteiger partial charge in [0.1, 0.15) is 11.6 Å². The van der Waals surface area contributed by atoms with Crippen molar-refractivity contribution in [2.24, 2.45) is 5.73 Å². The molecule has 0 radical (unpaired) electrons. The Morgan fingerprint density at radius 1 is 1.21 bits per heavy atom. The molecule has 3 aromatic rings. The Bertz CT molecular complexity index is 1100. The molecule has 1 aliphatic rings. The van der Waals surface area contributed by atoms with E-state index in [1.807, 2.05) is 54.6 Å². The predicted octanol–water partition coefficient (Wildman–Crippen LogP) is 4.70. The maximum absolute atomic E-state index is 9.80. The molecule has 0 spiro atoms. The summed E-state index contributed by atoms with van der Waals surface area (Å²) < 4.78 is 7.70. The molecule has 1 atom stereocenters. The molecule has 1 aromatic heterocycles. The monoisotopic (exact) mass is 390 g/mol. The predicted molar refractivity (Wildman–Crippen MR) is 108 cm³/mol. The van der Waals surface area contributed by atoms with Crippen LogP contribution < -0.4 is 10.5 Å². The van der Waals surface area contributed by atoms with Gasteiger partial charge in [0.15, 0.2) is 0 Å². The second kappa shape index (κ2) is 7.41. The van der Waals surface area contributed by atoms with Gasteiger partial charge in [0.2, 0.25) is 11.8 Å². The number of rotatable bonds is 4. The lowest BCUT2D eigenvalue weighted by Gasteiger charge is -2.25. The van der Waals surface area contributed by atoms with Gasteiger partial charge < -0.3 is 10.5 Å². The zero-order chi connectivity index (χ0) is 19.7. The smallest absolute Gasteiger partial charge is 0.229 e. The third-order valence-corrected chi connectivity index (χ3v) is 5.03. The third-order valence-electron chi connectivity index (χ3n) is 4.79. The molecule has 5 nitrogen and oxygen atoms in total. The minimum Gasteiger partial charge on any atom is -0.422 e. The van der Waals surface area contributed by atoms with E-state index in [1.54, 1.807) is 4.68 Å². The topological polar surface area (TPSA) is 76.9 Å². The number of benzene rings is 2. The van der Waals surface area contributed by atoms with Crippen LogP contribution in [0.1, 0.15) is 36.1 Å². The quantitative estimate of drug-likeness (QED) is 0.700. The largest absolute Gasteiger partial charge is 0.422 e. The number of hydrogen-bond donors (Lipinski definition) is 1. The number of nitriles is 1. The van der Waals surface area contributed by atoms with Crippen LogP contribution in [0, 0.1) is 11.3 Å². The van der Waals surface area contributed by atoms with Gasteiger partial charge in [-0.05, 0) is 36.2 Å². The summed E-state index contributed by atoms with van der Waals surface area (Å²) in [7, 11) is 0. The number of fused-ring (bicyclic) bond motifs is 1. The zero-order valence-corrected chi connectivity index (χ0v) is 16.1. The van der Waals surface area contributed by atoms with Crippen LogP contribution in [0.15, 0.2) is 66.1 Å². The van der Waals surface area contributed by atoms with Crippen LogP contribution in [-0.2, 0) is 6.42 Å². The Morgan fingerprint density at radius 3 is 2.68 bits per heavy atom. The molecule has 0 aliphatic carbocycles. The minimum absolute atomic E-state index is 0.0973. The van der Waals surface area contributed by atoms with E-state index in [0.717, 1.165) is 35.3 Å². The molecule has 6 heteroatoms. The third kappa shape index (κ3) is 3.02. The maximum atomic E-state index is 9.80. The van der Waals surface area contributed by atoms with Crippen molar-refractivity contribution < 1.29 is 4.74 Å². The van der Waals surface area contributed by atoms with Gasteiger partial charge in [-0.2, -0.15) is 10.4 Å². The summed E-state index contributed by atoms with van der Waals surface area (Å²) in [6.07, 6.45) is 1.68. The van der Waals surface area contributed by atoms with Gasteiger partial charge in [-0.1, -0.05) is 55.3 Å². The van der Waals surface area contributed by atoms with E-state index >= 15 is 0 Å². The van der Waals surface area contributed by atoms with Crippen LogP contribution in [0.3, 0.4) is 0 Å². The molecule has 0 fully saturated rings. The van der Waals surface area contributed by atoms with Gasteiger partial charge in [-0.15, -0.1) is 0 Å². The highest BCUT2D eigenvalue weighted by molar-refractivity contribution is 6.30.